The summed E-state index contributed by atoms with van der Waals surface area (Å²) in [5.41, 5.74) is 0.266. The number of aryl methyl sites for hydroxylation is 1. The topological polar surface area (TPSA) is 83.5 Å². The van der Waals surface area contributed by atoms with E-state index >= 15 is 0 Å². The van der Waals surface area contributed by atoms with Crippen molar-refractivity contribution in [3.8, 4) is 0 Å². The van der Waals surface area contributed by atoms with Crippen LogP contribution in [0, 0.1) is 0 Å². The van der Waals surface area contributed by atoms with Gasteiger partial charge in [-0.25, -0.2) is 13.2 Å². The van der Waals surface area contributed by atoms with Gasteiger partial charge < -0.3 is 5.11 Å². The second-order valence-electron chi connectivity index (χ2n) is 4.07. The SMILES string of the molecule is CCc1ccc(S(=O)(=O)Nc2cccc(C(=O)O)c2)s1. The molecule has 0 aliphatic rings. The highest BCUT2D eigenvalue weighted by atomic mass is 32.2. The highest BCUT2D eigenvalue weighted by Gasteiger charge is 2.17. The Bertz CT molecular complexity index is 734. The number of hydrogen-bond donors (Lipinski definition) is 2. The molecule has 0 amide bonds. The van der Waals surface area contributed by atoms with Gasteiger partial charge >= 0.3 is 5.97 Å². The number of rotatable bonds is 5. The predicted octanol–water partition coefficient (Wildman–Crippen LogP) is 2.81. The van der Waals surface area contributed by atoms with Crippen molar-refractivity contribution in [2.45, 2.75) is 17.6 Å². The predicted molar refractivity (Wildman–Crippen MR) is 77.9 cm³/mol. The smallest absolute Gasteiger partial charge is 0.335 e. The summed E-state index contributed by atoms with van der Waals surface area (Å²) < 4.78 is 26.9. The minimum absolute atomic E-state index is 0.0330. The van der Waals surface area contributed by atoms with E-state index in [0.29, 0.717) is 0 Å². The molecule has 2 N–H and O–H groups in total. The van der Waals surface area contributed by atoms with Crippen molar-refractivity contribution in [2.24, 2.45) is 0 Å². The minimum Gasteiger partial charge on any atom is -0.478 e. The van der Waals surface area contributed by atoms with Gasteiger partial charge in [-0.1, -0.05) is 13.0 Å². The number of hydrogen-bond acceptors (Lipinski definition) is 4. The normalized spacial score (nSPS) is 11.2. The number of thiophene rings is 1. The summed E-state index contributed by atoms with van der Waals surface area (Å²) in [6.45, 7) is 1.95. The van der Waals surface area contributed by atoms with E-state index in [4.69, 9.17) is 5.11 Å². The molecule has 5 nitrogen and oxygen atoms in total. The molecule has 0 spiro atoms. The Kier molecular flexibility index (Phi) is 4.10. The lowest BCUT2D eigenvalue weighted by Crippen LogP contribution is -2.12. The van der Waals surface area contributed by atoms with Gasteiger partial charge in [0.1, 0.15) is 4.21 Å². The maximum atomic E-state index is 12.2. The van der Waals surface area contributed by atoms with Crippen LogP contribution in [0.2, 0.25) is 0 Å². The molecule has 0 fully saturated rings. The van der Waals surface area contributed by atoms with Crippen LogP contribution in [-0.2, 0) is 16.4 Å². The lowest BCUT2D eigenvalue weighted by molar-refractivity contribution is 0.0697. The zero-order valence-corrected chi connectivity index (χ0v) is 12.3. The summed E-state index contributed by atoms with van der Waals surface area (Å²) in [5, 5.41) is 8.88. The van der Waals surface area contributed by atoms with Crippen LogP contribution < -0.4 is 4.72 Å². The van der Waals surface area contributed by atoms with Crippen LogP contribution in [0.25, 0.3) is 0 Å². The molecular weight excluding hydrogens is 298 g/mol. The van der Waals surface area contributed by atoms with Crippen molar-refractivity contribution in [3.63, 3.8) is 0 Å². The number of benzene rings is 1. The second kappa shape index (κ2) is 5.64. The zero-order chi connectivity index (χ0) is 14.8. The first-order valence-corrected chi connectivity index (χ1v) is 8.17. The Morgan fingerprint density at radius 1 is 1.30 bits per heavy atom. The van der Waals surface area contributed by atoms with Crippen LogP contribution in [0.3, 0.4) is 0 Å². The van der Waals surface area contributed by atoms with Gasteiger partial charge in [0.05, 0.1) is 5.56 Å². The number of carboxylic acid groups (broad SMARTS) is 1. The molecule has 0 aliphatic heterocycles. The highest BCUT2D eigenvalue weighted by molar-refractivity contribution is 7.94. The first-order valence-electron chi connectivity index (χ1n) is 5.87. The maximum absolute atomic E-state index is 12.2. The minimum atomic E-state index is -3.67. The van der Waals surface area contributed by atoms with Gasteiger partial charge in [-0.15, -0.1) is 11.3 Å². The number of carbonyl (C=O) groups is 1. The molecule has 1 heterocycles. The van der Waals surface area contributed by atoms with Crippen LogP contribution in [0.5, 0.6) is 0 Å². The fourth-order valence-electron chi connectivity index (χ4n) is 1.61. The molecule has 20 heavy (non-hydrogen) atoms. The number of sulfonamides is 1. The molecule has 0 atom stereocenters. The third-order valence-corrected chi connectivity index (χ3v) is 5.71. The Labute approximate surface area is 120 Å². The molecule has 1 aromatic carbocycles. The molecule has 1 aromatic heterocycles. The largest absolute Gasteiger partial charge is 0.478 e. The maximum Gasteiger partial charge on any atom is 0.335 e. The quantitative estimate of drug-likeness (QED) is 0.889. The van der Waals surface area contributed by atoms with E-state index in [2.05, 4.69) is 4.72 Å². The monoisotopic (exact) mass is 311 g/mol. The van der Waals surface area contributed by atoms with E-state index in [1.165, 1.54) is 35.6 Å². The van der Waals surface area contributed by atoms with Crippen molar-refractivity contribution >= 4 is 33.0 Å². The van der Waals surface area contributed by atoms with Gasteiger partial charge in [0, 0.05) is 10.6 Å². The summed E-state index contributed by atoms with van der Waals surface area (Å²) in [4.78, 5) is 11.8. The average Bonchev–Trinajstić information content (AvgIpc) is 2.88. The van der Waals surface area contributed by atoms with Gasteiger partial charge in [-0.05, 0) is 36.8 Å². The van der Waals surface area contributed by atoms with Crippen LogP contribution in [0.15, 0.2) is 40.6 Å². The first kappa shape index (κ1) is 14.5. The molecule has 7 heteroatoms. The van der Waals surface area contributed by atoms with Gasteiger partial charge in [0.2, 0.25) is 0 Å². The lowest BCUT2D eigenvalue weighted by Gasteiger charge is -2.06. The van der Waals surface area contributed by atoms with E-state index in [1.54, 1.807) is 12.1 Å². The molecule has 0 saturated carbocycles. The van der Waals surface area contributed by atoms with Crippen LogP contribution >= 0.6 is 11.3 Å². The van der Waals surface area contributed by atoms with Gasteiger partial charge in [0.25, 0.3) is 10.0 Å². The van der Waals surface area contributed by atoms with E-state index in [1.807, 2.05) is 6.92 Å². The van der Waals surface area contributed by atoms with E-state index in [9.17, 15) is 13.2 Å². The van der Waals surface area contributed by atoms with Gasteiger partial charge in [-0.2, -0.15) is 0 Å². The Balaban J connectivity index is 2.28. The molecule has 2 rings (SSSR count). The van der Waals surface area contributed by atoms with Crippen molar-refractivity contribution in [2.75, 3.05) is 4.72 Å². The lowest BCUT2D eigenvalue weighted by atomic mass is 10.2. The van der Waals surface area contributed by atoms with Crippen LogP contribution in [-0.4, -0.2) is 19.5 Å². The number of carboxylic acids is 1. The average molecular weight is 311 g/mol. The molecule has 2 aromatic rings. The van der Waals surface area contributed by atoms with E-state index in [-0.39, 0.29) is 15.5 Å². The molecule has 0 saturated heterocycles. The van der Waals surface area contributed by atoms with E-state index < -0.39 is 16.0 Å². The molecule has 106 valence electrons. The van der Waals surface area contributed by atoms with Crippen molar-refractivity contribution in [1.29, 1.82) is 0 Å². The fourth-order valence-corrected chi connectivity index (χ4v) is 3.96. The number of aromatic carboxylic acids is 1. The number of anilines is 1. The summed E-state index contributed by atoms with van der Waals surface area (Å²) in [7, 11) is -3.67. The fraction of sp³-hybridized carbons (Fsp3) is 0.154. The van der Waals surface area contributed by atoms with Crippen molar-refractivity contribution in [3.05, 3.63) is 46.8 Å². The Hall–Kier alpha value is -1.86. The number of nitrogens with one attached hydrogen (secondary N) is 1. The van der Waals surface area contributed by atoms with Crippen LogP contribution in [0.1, 0.15) is 22.2 Å². The third-order valence-electron chi connectivity index (χ3n) is 2.61. The zero-order valence-electron chi connectivity index (χ0n) is 10.7. The summed E-state index contributed by atoms with van der Waals surface area (Å²) in [6, 6.07) is 9.01. The Morgan fingerprint density at radius 2 is 2.05 bits per heavy atom. The van der Waals surface area contributed by atoms with E-state index in [0.717, 1.165) is 11.3 Å². The molecule has 0 aliphatic carbocycles. The van der Waals surface area contributed by atoms with Gasteiger partial charge in [-0.3, -0.25) is 4.72 Å². The van der Waals surface area contributed by atoms with Crippen molar-refractivity contribution < 1.29 is 18.3 Å². The Morgan fingerprint density at radius 3 is 2.65 bits per heavy atom. The molecular formula is C13H13NO4S2. The third kappa shape index (κ3) is 3.17. The highest BCUT2D eigenvalue weighted by Crippen LogP contribution is 2.24. The molecule has 0 radical (unpaired) electrons. The van der Waals surface area contributed by atoms with Gasteiger partial charge in [0.15, 0.2) is 0 Å². The molecule has 0 unspecified atom stereocenters. The first-order chi connectivity index (χ1) is 9.42. The summed E-state index contributed by atoms with van der Waals surface area (Å²) in [5.74, 6) is -1.10. The van der Waals surface area contributed by atoms with Crippen molar-refractivity contribution in [1.82, 2.24) is 0 Å². The van der Waals surface area contributed by atoms with Crippen LogP contribution in [0.4, 0.5) is 5.69 Å². The standard InChI is InChI=1S/C13H13NO4S2/c1-2-11-6-7-12(19-11)20(17,18)14-10-5-3-4-9(8-10)13(15)16/h3-8,14H,2H2,1H3,(H,15,16). The molecule has 0 bridgehead atoms. The summed E-state index contributed by atoms with van der Waals surface area (Å²) >= 11 is 1.20. The summed E-state index contributed by atoms with van der Waals surface area (Å²) in [6.07, 6.45) is 0.773. The second-order valence-corrected chi connectivity index (χ2v) is 7.14.